The van der Waals surface area contributed by atoms with E-state index in [0.29, 0.717) is 16.9 Å². The standard InChI is InChI=1S/C10H9BrFN3/c1-15-5-9(13)10(14-15)7-4-6(12)2-3-8(7)11/h2-5H,13H2,1H3. The van der Waals surface area contributed by atoms with Gasteiger partial charge in [0.1, 0.15) is 11.5 Å². The zero-order chi connectivity index (χ0) is 11.0. The SMILES string of the molecule is Cn1cc(N)c(-c2cc(F)ccc2Br)n1. The quantitative estimate of drug-likeness (QED) is 0.865. The van der Waals surface area contributed by atoms with Crippen molar-refractivity contribution in [2.45, 2.75) is 0 Å². The van der Waals surface area contributed by atoms with Crippen LogP contribution in [-0.4, -0.2) is 9.78 Å². The first-order chi connectivity index (χ1) is 7.08. The molecule has 0 aliphatic rings. The van der Waals surface area contributed by atoms with Gasteiger partial charge in [0, 0.05) is 23.3 Å². The molecule has 0 unspecified atom stereocenters. The number of aryl methyl sites for hydroxylation is 1. The van der Waals surface area contributed by atoms with E-state index in [0.717, 1.165) is 4.47 Å². The van der Waals surface area contributed by atoms with Crippen molar-refractivity contribution < 1.29 is 4.39 Å². The number of halogens is 2. The molecule has 0 bridgehead atoms. The van der Waals surface area contributed by atoms with Gasteiger partial charge in [0.25, 0.3) is 0 Å². The number of nitrogens with two attached hydrogens (primary N) is 1. The van der Waals surface area contributed by atoms with E-state index in [1.54, 1.807) is 24.0 Å². The van der Waals surface area contributed by atoms with Gasteiger partial charge in [-0.25, -0.2) is 4.39 Å². The summed E-state index contributed by atoms with van der Waals surface area (Å²) >= 11 is 3.34. The highest BCUT2D eigenvalue weighted by Gasteiger charge is 2.11. The van der Waals surface area contributed by atoms with Gasteiger partial charge in [-0.3, -0.25) is 4.68 Å². The van der Waals surface area contributed by atoms with E-state index in [4.69, 9.17) is 5.73 Å². The van der Waals surface area contributed by atoms with Gasteiger partial charge in [-0.15, -0.1) is 0 Å². The van der Waals surface area contributed by atoms with Gasteiger partial charge in [0.05, 0.1) is 5.69 Å². The molecular weight excluding hydrogens is 261 g/mol. The van der Waals surface area contributed by atoms with Gasteiger partial charge >= 0.3 is 0 Å². The number of benzene rings is 1. The maximum Gasteiger partial charge on any atom is 0.123 e. The minimum atomic E-state index is -0.307. The van der Waals surface area contributed by atoms with E-state index in [1.165, 1.54) is 12.1 Å². The Hall–Kier alpha value is -1.36. The molecule has 2 rings (SSSR count). The highest BCUT2D eigenvalue weighted by atomic mass is 79.9. The van der Waals surface area contributed by atoms with Crippen LogP contribution in [0.15, 0.2) is 28.9 Å². The van der Waals surface area contributed by atoms with Crippen molar-refractivity contribution in [2.75, 3.05) is 5.73 Å². The van der Waals surface area contributed by atoms with Gasteiger partial charge in [0.15, 0.2) is 0 Å². The molecule has 0 aliphatic carbocycles. The normalized spacial score (nSPS) is 10.6. The van der Waals surface area contributed by atoms with Gasteiger partial charge in [-0.05, 0) is 18.2 Å². The predicted molar refractivity (Wildman–Crippen MR) is 60.7 cm³/mol. The third-order valence-electron chi connectivity index (χ3n) is 2.04. The zero-order valence-electron chi connectivity index (χ0n) is 8.04. The van der Waals surface area contributed by atoms with Gasteiger partial charge in [0.2, 0.25) is 0 Å². The summed E-state index contributed by atoms with van der Waals surface area (Å²) < 4.78 is 15.4. The Morgan fingerprint density at radius 2 is 2.20 bits per heavy atom. The molecule has 2 N–H and O–H groups in total. The average Bonchev–Trinajstić information content (AvgIpc) is 2.50. The maximum absolute atomic E-state index is 13.1. The summed E-state index contributed by atoms with van der Waals surface area (Å²) in [5.74, 6) is -0.307. The van der Waals surface area contributed by atoms with Crippen LogP contribution in [0.2, 0.25) is 0 Å². The van der Waals surface area contributed by atoms with Crippen LogP contribution in [0.25, 0.3) is 11.3 Å². The molecule has 0 fully saturated rings. The molecule has 0 atom stereocenters. The smallest absolute Gasteiger partial charge is 0.123 e. The fourth-order valence-electron chi connectivity index (χ4n) is 1.40. The van der Waals surface area contributed by atoms with E-state index in [-0.39, 0.29) is 5.82 Å². The first-order valence-corrected chi connectivity index (χ1v) is 5.12. The van der Waals surface area contributed by atoms with Gasteiger partial charge < -0.3 is 5.73 Å². The Morgan fingerprint density at radius 3 is 2.80 bits per heavy atom. The van der Waals surface area contributed by atoms with Gasteiger partial charge in [-0.1, -0.05) is 15.9 Å². The number of hydrogen-bond acceptors (Lipinski definition) is 2. The fourth-order valence-corrected chi connectivity index (χ4v) is 1.83. The molecule has 0 spiro atoms. The summed E-state index contributed by atoms with van der Waals surface area (Å²) in [7, 11) is 1.77. The van der Waals surface area contributed by atoms with E-state index < -0.39 is 0 Å². The predicted octanol–water partition coefficient (Wildman–Crippen LogP) is 2.57. The largest absolute Gasteiger partial charge is 0.396 e. The third kappa shape index (κ3) is 1.87. The van der Waals surface area contributed by atoms with E-state index in [1.807, 2.05) is 0 Å². The average molecular weight is 270 g/mol. The molecule has 1 aromatic heterocycles. The summed E-state index contributed by atoms with van der Waals surface area (Å²) in [6.07, 6.45) is 1.69. The monoisotopic (exact) mass is 269 g/mol. The van der Waals surface area contributed by atoms with Crippen molar-refractivity contribution in [3.63, 3.8) is 0 Å². The lowest BCUT2D eigenvalue weighted by molar-refractivity contribution is 0.628. The minimum absolute atomic E-state index is 0.307. The van der Waals surface area contributed by atoms with E-state index >= 15 is 0 Å². The van der Waals surface area contributed by atoms with E-state index in [2.05, 4.69) is 21.0 Å². The summed E-state index contributed by atoms with van der Waals surface area (Å²) in [4.78, 5) is 0. The topological polar surface area (TPSA) is 43.8 Å². The number of rotatable bonds is 1. The third-order valence-corrected chi connectivity index (χ3v) is 2.73. The Morgan fingerprint density at radius 1 is 1.47 bits per heavy atom. The van der Waals surface area contributed by atoms with Crippen LogP contribution in [0.3, 0.4) is 0 Å². The first-order valence-electron chi connectivity index (χ1n) is 4.32. The summed E-state index contributed by atoms with van der Waals surface area (Å²) in [5.41, 5.74) is 7.54. The molecule has 15 heavy (non-hydrogen) atoms. The molecule has 0 saturated heterocycles. The zero-order valence-corrected chi connectivity index (χ0v) is 9.62. The van der Waals surface area contributed by atoms with Crippen molar-refractivity contribution in [3.8, 4) is 11.3 Å². The number of nitrogen functional groups attached to an aromatic ring is 1. The molecule has 0 amide bonds. The Balaban J connectivity index is 2.62. The second-order valence-electron chi connectivity index (χ2n) is 3.23. The van der Waals surface area contributed by atoms with Crippen LogP contribution in [0, 0.1) is 5.82 Å². The summed E-state index contributed by atoms with van der Waals surface area (Å²) in [6, 6.07) is 4.42. The van der Waals surface area contributed by atoms with Crippen LogP contribution in [-0.2, 0) is 7.05 Å². The molecule has 0 aliphatic heterocycles. The van der Waals surface area contributed by atoms with Crippen LogP contribution in [0.4, 0.5) is 10.1 Å². The number of hydrogen-bond donors (Lipinski definition) is 1. The molecular formula is C10H9BrFN3. The Bertz CT molecular complexity index is 507. The van der Waals surface area contributed by atoms with E-state index in [9.17, 15) is 4.39 Å². The Kier molecular flexibility index (Phi) is 2.48. The maximum atomic E-state index is 13.1. The van der Waals surface area contributed by atoms with Crippen molar-refractivity contribution >= 4 is 21.6 Å². The highest BCUT2D eigenvalue weighted by Crippen LogP contribution is 2.31. The first kappa shape index (κ1) is 10.2. The van der Waals surface area contributed by atoms with Gasteiger partial charge in [-0.2, -0.15) is 5.10 Å². The molecule has 1 heterocycles. The van der Waals surface area contributed by atoms with Crippen LogP contribution < -0.4 is 5.73 Å². The lowest BCUT2D eigenvalue weighted by atomic mass is 10.1. The second kappa shape index (κ2) is 3.66. The summed E-state index contributed by atoms with van der Waals surface area (Å²) in [6.45, 7) is 0. The highest BCUT2D eigenvalue weighted by molar-refractivity contribution is 9.10. The van der Waals surface area contributed by atoms with Crippen molar-refractivity contribution in [1.29, 1.82) is 0 Å². The van der Waals surface area contributed by atoms with Crippen LogP contribution in [0.1, 0.15) is 0 Å². The molecule has 2 aromatic rings. The molecule has 5 heteroatoms. The van der Waals surface area contributed by atoms with Crippen LogP contribution in [0.5, 0.6) is 0 Å². The lowest BCUT2D eigenvalue weighted by Gasteiger charge is -2.02. The molecule has 78 valence electrons. The molecule has 0 radical (unpaired) electrons. The van der Waals surface area contributed by atoms with Crippen LogP contribution >= 0.6 is 15.9 Å². The lowest BCUT2D eigenvalue weighted by Crippen LogP contribution is -1.90. The molecule has 0 saturated carbocycles. The number of anilines is 1. The molecule has 3 nitrogen and oxygen atoms in total. The number of nitrogens with zero attached hydrogens (tertiary/aromatic N) is 2. The van der Waals surface area contributed by atoms with Crippen molar-refractivity contribution in [3.05, 3.63) is 34.7 Å². The number of aromatic nitrogens is 2. The fraction of sp³-hybridized carbons (Fsp3) is 0.100. The minimum Gasteiger partial charge on any atom is -0.396 e. The molecule has 1 aromatic carbocycles. The van der Waals surface area contributed by atoms with Crippen molar-refractivity contribution in [2.24, 2.45) is 7.05 Å². The summed E-state index contributed by atoms with van der Waals surface area (Å²) in [5, 5.41) is 4.18. The Labute approximate surface area is 94.8 Å². The second-order valence-corrected chi connectivity index (χ2v) is 4.09. The van der Waals surface area contributed by atoms with Crippen molar-refractivity contribution in [1.82, 2.24) is 9.78 Å².